The van der Waals surface area contributed by atoms with Gasteiger partial charge in [0.1, 0.15) is 17.1 Å². The van der Waals surface area contributed by atoms with E-state index in [9.17, 15) is 9.59 Å². The lowest BCUT2D eigenvalue weighted by Gasteiger charge is -2.17. The van der Waals surface area contributed by atoms with Gasteiger partial charge >= 0.3 is 5.97 Å². The number of aryl methyl sites for hydroxylation is 1. The summed E-state index contributed by atoms with van der Waals surface area (Å²) in [5.41, 5.74) is 0.506. The number of aromatic carboxylic acids is 1. The number of carboxylic acid groups (broad SMARTS) is 1. The van der Waals surface area contributed by atoms with Crippen molar-refractivity contribution in [1.82, 2.24) is 4.90 Å². The Balaban J connectivity index is 2.20. The maximum Gasteiger partial charge on any atom is 0.339 e. The van der Waals surface area contributed by atoms with Crippen molar-refractivity contribution in [1.29, 1.82) is 0 Å². The number of rotatable bonds is 5. The second-order valence-electron chi connectivity index (χ2n) is 4.99. The minimum Gasteiger partial charge on any atom is -0.478 e. The Morgan fingerprint density at radius 1 is 1.30 bits per heavy atom. The molecule has 0 radical (unpaired) electrons. The summed E-state index contributed by atoms with van der Waals surface area (Å²) in [6.45, 7) is 1.74. The lowest BCUT2D eigenvalue weighted by molar-refractivity contribution is 0.0694. The first-order valence-corrected chi connectivity index (χ1v) is 8.35. The number of amides is 1. The van der Waals surface area contributed by atoms with Crippen LogP contribution in [0, 0.1) is 6.92 Å². The van der Waals surface area contributed by atoms with Crippen molar-refractivity contribution < 1.29 is 19.1 Å². The molecule has 7 heteroatoms. The van der Waals surface area contributed by atoms with E-state index in [2.05, 4.69) is 0 Å². The molecule has 0 saturated heterocycles. The summed E-state index contributed by atoms with van der Waals surface area (Å²) >= 11 is 7.63. The Kier molecular flexibility index (Phi) is 5.38. The molecule has 0 unspecified atom stereocenters. The second-order valence-corrected chi connectivity index (χ2v) is 6.28. The van der Waals surface area contributed by atoms with Gasteiger partial charge in [-0.05, 0) is 37.4 Å². The molecule has 0 aliphatic heterocycles. The van der Waals surface area contributed by atoms with E-state index < -0.39 is 5.97 Å². The fraction of sp³-hybridized carbons (Fsp3) is 0.250. The fourth-order valence-electron chi connectivity index (χ4n) is 2.14. The SMILES string of the molecule is CSc1ccc(Cl)c(C(=O)N(C)Cc2cc(C(=O)O)c(C)o2)c1. The number of carbonyl (C=O) groups is 2. The zero-order valence-corrected chi connectivity index (χ0v) is 14.5. The molecule has 2 aromatic rings. The summed E-state index contributed by atoms with van der Waals surface area (Å²) in [5, 5.41) is 9.41. The van der Waals surface area contributed by atoms with Gasteiger partial charge in [0.2, 0.25) is 0 Å². The van der Waals surface area contributed by atoms with Crippen molar-refractivity contribution >= 4 is 35.2 Å². The monoisotopic (exact) mass is 353 g/mol. The van der Waals surface area contributed by atoms with Crippen molar-refractivity contribution in [2.75, 3.05) is 13.3 Å². The highest BCUT2D eigenvalue weighted by Gasteiger charge is 2.19. The van der Waals surface area contributed by atoms with Crippen LogP contribution in [0.3, 0.4) is 0 Å². The van der Waals surface area contributed by atoms with Crippen LogP contribution in [0.15, 0.2) is 33.6 Å². The third-order valence-electron chi connectivity index (χ3n) is 3.34. The first kappa shape index (κ1) is 17.4. The van der Waals surface area contributed by atoms with Crippen LogP contribution >= 0.6 is 23.4 Å². The molecular weight excluding hydrogens is 338 g/mol. The summed E-state index contributed by atoms with van der Waals surface area (Å²) in [4.78, 5) is 25.9. The van der Waals surface area contributed by atoms with E-state index in [1.54, 1.807) is 26.1 Å². The van der Waals surface area contributed by atoms with Gasteiger partial charge in [-0.25, -0.2) is 4.79 Å². The molecule has 0 bridgehead atoms. The van der Waals surface area contributed by atoms with Crippen LogP contribution in [0.4, 0.5) is 0 Å². The summed E-state index contributed by atoms with van der Waals surface area (Å²) in [5.74, 6) is -0.581. The summed E-state index contributed by atoms with van der Waals surface area (Å²) in [6, 6.07) is 6.70. The van der Waals surface area contributed by atoms with Gasteiger partial charge in [0, 0.05) is 11.9 Å². The maximum absolute atomic E-state index is 12.5. The molecule has 1 aromatic heterocycles. The number of thioether (sulfide) groups is 1. The molecule has 1 heterocycles. The Morgan fingerprint density at radius 3 is 2.57 bits per heavy atom. The van der Waals surface area contributed by atoms with E-state index in [0.717, 1.165) is 4.90 Å². The highest BCUT2D eigenvalue weighted by molar-refractivity contribution is 7.98. The quantitative estimate of drug-likeness (QED) is 0.824. The van der Waals surface area contributed by atoms with Crippen molar-refractivity contribution in [3.63, 3.8) is 0 Å². The molecule has 1 amide bonds. The topological polar surface area (TPSA) is 70.8 Å². The van der Waals surface area contributed by atoms with Gasteiger partial charge in [0.25, 0.3) is 5.91 Å². The van der Waals surface area contributed by atoms with Crippen molar-refractivity contribution in [3.05, 3.63) is 51.9 Å². The van der Waals surface area contributed by atoms with Crippen molar-refractivity contribution in [2.24, 2.45) is 0 Å². The molecule has 0 aliphatic carbocycles. The third-order valence-corrected chi connectivity index (χ3v) is 4.40. The van der Waals surface area contributed by atoms with Gasteiger partial charge in [-0.1, -0.05) is 11.6 Å². The second kappa shape index (κ2) is 7.10. The summed E-state index contributed by atoms with van der Waals surface area (Å²) in [6.07, 6.45) is 1.92. The summed E-state index contributed by atoms with van der Waals surface area (Å²) in [7, 11) is 1.61. The Hall–Kier alpha value is -1.92. The number of carboxylic acids is 1. The Bertz CT molecular complexity index is 757. The number of hydrogen-bond acceptors (Lipinski definition) is 4. The molecule has 2 rings (SSSR count). The van der Waals surface area contributed by atoms with Crippen LogP contribution in [0.5, 0.6) is 0 Å². The third kappa shape index (κ3) is 3.89. The molecule has 122 valence electrons. The average Bonchev–Trinajstić information content (AvgIpc) is 2.87. The largest absolute Gasteiger partial charge is 0.478 e. The van der Waals surface area contributed by atoms with E-state index in [1.165, 1.54) is 22.7 Å². The molecule has 1 N–H and O–H groups in total. The number of carbonyl (C=O) groups excluding carboxylic acids is 1. The molecular formula is C16H16ClNO4S. The Morgan fingerprint density at radius 2 is 2.00 bits per heavy atom. The van der Waals surface area contributed by atoms with Crippen molar-refractivity contribution in [2.45, 2.75) is 18.4 Å². The lowest BCUT2D eigenvalue weighted by atomic mass is 10.2. The normalized spacial score (nSPS) is 10.6. The minimum atomic E-state index is -1.05. The first-order valence-electron chi connectivity index (χ1n) is 6.75. The van der Waals surface area contributed by atoms with Gasteiger partial charge in [-0.3, -0.25) is 4.79 Å². The standard InChI is InChI=1S/C16H16ClNO4S/c1-9-12(16(20)21)6-10(22-9)8-18(2)15(19)13-7-11(23-3)4-5-14(13)17/h4-7H,8H2,1-3H3,(H,20,21). The first-order chi connectivity index (χ1) is 10.8. The molecule has 5 nitrogen and oxygen atoms in total. The van der Waals surface area contributed by atoms with E-state index in [-0.39, 0.29) is 18.0 Å². The smallest absolute Gasteiger partial charge is 0.339 e. The summed E-state index contributed by atoms with van der Waals surface area (Å²) < 4.78 is 5.40. The van der Waals surface area contributed by atoms with Crippen LogP contribution in [0.25, 0.3) is 0 Å². The zero-order valence-electron chi connectivity index (χ0n) is 12.9. The highest BCUT2D eigenvalue weighted by Crippen LogP contribution is 2.25. The fourth-order valence-corrected chi connectivity index (χ4v) is 2.78. The van der Waals surface area contributed by atoms with Gasteiger partial charge in [0.15, 0.2) is 0 Å². The molecule has 0 aliphatic rings. The van der Waals surface area contributed by atoms with Crippen LogP contribution in [0.1, 0.15) is 32.2 Å². The molecule has 0 saturated carbocycles. The van der Waals surface area contributed by atoms with Gasteiger partial charge in [0.05, 0.1) is 17.1 Å². The van der Waals surface area contributed by atoms with E-state index in [0.29, 0.717) is 22.1 Å². The van der Waals surface area contributed by atoms with Crippen LogP contribution in [0.2, 0.25) is 5.02 Å². The average molecular weight is 354 g/mol. The van der Waals surface area contributed by atoms with E-state index in [4.69, 9.17) is 21.1 Å². The number of halogens is 1. The molecule has 0 spiro atoms. The van der Waals surface area contributed by atoms with Crippen LogP contribution in [-0.2, 0) is 6.54 Å². The number of furan rings is 1. The molecule has 23 heavy (non-hydrogen) atoms. The molecule has 0 fully saturated rings. The van der Waals surface area contributed by atoms with Gasteiger partial charge in [-0.15, -0.1) is 11.8 Å². The number of nitrogens with zero attached hydrogens (tertiary/aromatic N) is 1. The predicted molar refractivity (Wildman–Crippen MR) is 89.4 cm³/mol. The highest BCUT2D eigenvalue weighted by atomic mass is 35.5. The van der Waals surface area contributed by atoms with Gasteiger partial charge in [-0.2, -0.15) is 0 Å². The van der Waals surface area contributed by atoms with Gasteiger partial charge < -0.3 is 14.4 Å². The zero-order chi connectivity index (χ0) is 17.1. The van der Waals surface area contributed by atoms with Crippen LogP contribution < -0.4 is 0 Å². The maximum atomic E-state index is 12.5. The number of benzene rings is 1. The van der Waals surface area contributed by atoms with E-state index in [1.807, 2.05) is 12.3 Å². The minimum absolute atomic E-state index is 0.100. The number of hydrogen-bond donors (Lipinski definition) is 1. The lowest BCUT2D eigenvalue weighted by Crippen LogP contribution is -2.26. The van der Waals surface area contributed by atoms with E-state index >= 15 is 0 Å². The van der Waals surface area contributed by atoms with Crippen molar-refractivity contribution in [3.8, 4) is 0 Å². The predicted octanol–water partition coefficient (Wildman–Crippen LogP) is 3.93. The van der Waals surface area contributed by atoms with Crippen LogP contribution in [-0.4, -0.2) is 35.2 Å². The molecule has 0 atom stereocenters. The molecule has 1 aromatic carbocycles. The Labute approximate surface area is 143 Å².